The fourth-order valence-electron chi connectivity index (χ4n) is 3.37. The highest BCUT2D eigenvalue weighted by molar-refractivity contribution is 7.99. The number of benzene rings is 1. The van der Waals surface area contributed by atoms with Crippen LogP contribution in [0.15, 0.2) is 58.6 Å². The number of hydrogen-bond acceptors (Lipinski definition) is 7. The molecule has 0 spiro atoms. The van der Waals surface area contributed by atoms with Crippen LogP contribution in [0.4, 0.5) is 5.00 Å². The summed E-state index contributed by atoms with van der Waals surface area (Å²) in [5.41, 5.74) is 1.88. The molecule has 1 N–H and O–H groups in total. The van der Waals surface area contributed by atoms with E-state index in [1.54, 1.807) is 18.3 Å². The summed E-state index contributed by atoms with van der Waals surface area (Å²) < 4.78 is 5.23. The first kappa shape index (κ1) is 21.1. The molecule has 156 valence electrons. The van der Waals surface area contributed by atoms with E-state index in [1.807, 2.05) is 30.3 Å². The zero-order valence-corrected chi connectivity index (χ0v) is 18.2. The van der Waals surface area contributed by atoms with Crippen LogP contribution in [-0.2, 0) is 22.4 Å². The summed E-state index contributed by atoms with van der Waals surface area (Å²) >= 11 is 2.79. The molecule has 31 heavy (non-hydrogen) atoms. The summed E-state index contributed by atoms with van der Waals surface area (Å²) in [6.07, 6.45) is 5.55. The van der Waals surface area contributed by atoms with E-state index in [0.29, 0.717) is 21.2 Å². The van der Waals surface area contributed by atoms with E-state index in [1.165, 1.54) is 23.1 Å². The van der Waals surface area contributed by atoms with Gasteiger partial charge in [-0.1, -0.05) is 30.0 Å². The molecule has 8 heteroatoms. The molecule has 0 saturated carbocycles. The lowest BCUT2D eigenvalue weighted by atomic mass is 9.96. The van der Waals surface area contributed by atoms with Crippen LogP contribution >= 0.6 is 23.1 Å². The Kier molecular flexibility index (Phi) is 6.65. The predicted molar refractivity (Wildman–Crippen MR) is 119 cm³/mol. The van der Waals surface area contributed by atoms with Gasteiger partial charge in [0.25, 0.3) is 5.91 Å². The normalized spacial score (nSPS) is 12.5. The van der Waals surface area contributed by atoms with Crippen molar-refractivity contribution in [2.45, 2.75) is 35.6 Å². The Morgan fingerprint density at radius 1 is 1.16 bits per heavy atom. The molecule has 0 radical (unpaired) electrons. The number of pyridine rings is 1. The van der Waals surface area contributed by atoms with Crippen LogP contribution in [0.25, 0.3) is 0 Å². The third-order valence-electron chi connectivity index (χ3n) is 4.82. The lowest BCUT2D eigenvalue weighted by molar-refractivity contribution is -0.119. The van der Waals surface area contributed by atoms with Gasteiger partial charge in [0.1, 0.15) is 16.1 Å². The smallest absolute Gasteiger partial charge is 0.341 e. The van der Waals surface area contributed by atoms with Crippen LogP contribution in [-0.4, -0.2) is 23.5 Å². The monoisotopic (exact) mass is 449 g/mol. The van der Waals surface area contributed by atoms with E-state index in [0.717, 1.165) is 41.0 Å². The molecule has 1 aromatic carbocycles. The van der Waals surface area contributed by atoms with Gasteiger partial charge in [-0.3, -0.25) is 4.79 Å². The maximum Gasteiger partial charge on any atom is 0.341 e. The van der Waals surface area contributed by atoms with Crippen molar-refractivity contribution in [2.75, 3.05) is 11.9 Å². The van der Waals surface area contributed by atoms with Gasteiger partial charge in [-0.2, -0.15) is 5.26 Å². The Bertz CT molecular complexity index is 1150. The lowest BCUT2D eigenvalue weighted by Gasteiger charge is -2.09. The van der Waals surface area contributed by atoms with Gasteiger partial charge in [0.05, 0.1) is 11.1 Å². The summed E-state index contributed by atoms with van der Waals surface area (Å²) in [5.74, 6) is -1.09. The minimum atomic E-state index is -0.618. The second-order valence-corrected chi connectivity index (χ2v) is 9.09. The maximum atomic E-state index is 12.6. The Labute approximate surface area is 188 Å². The van der Waals surface area contributed by atoms with E-state index >= 15 is 0 Å². The first-order chi connectivity index (χ1) is 15.2. The molecular weight excluding hydrogens is 430 g/mol. The van der Waals surface area contributed by atoms with Crippen LogP contribution in [0, 0.1) is 11.3 Å². The SMILES string of the molecule is N#Cc1c(NC(=O)COC(=O)c2cccnc2Sc2ccccc2)sc2c1CCCC2. The number of nitrogens with one attached hydrogen (secondary N) is 1. The minimum absolute atomic E-state index is 0.299. The molecule has 0 saturated heterocycles. The maximum absolute atomic E-state index is 12.6. The van der Waals surface area contributed by atoms with Crippen molar-refractivity contribution in [2.24, 2.45) is 0 Å². The molecule has 0 fully saturated rings. The van der Waals surface area contributed by atoms with Gasteiger partial charge in [-0.05, 0) is 55.5 Å². The molecule has 1 amide bonds. The minimum Gasteiger partial charge on any atom is -0.452 e. The van der Waals surface area contributed by atoms with Crippen molar-refractivity contribution < 1.29 is 14.3 Å². The molecule has 1 aliphatic carbocycles. The number of anilines is 1. The zero-order valence-electron chi connectivity index (χ0n) is 16.6. The Balaban J connectivity index is 1.40. The van der Waals surface area contributed by atoms with Crippen molar-refractivity contribution in [3.8, 4) is 6.07 Å². The van der Waals surface area contributed by atoms with Crippen LogP contribution in [0.2, 0.25) is 0 Å². The number of nitriles is 1. The van der Waals surface area contributed by atoms with Crippen molar-refractivity contribution in [3.63, 3.8) is 0 Å². The topological polar surface area (TPSA) is 92.1 Å². The number of nitrogens with zero attached hydrogens (tertiary/aromatic N) is 2. The number of amides is 1. The molecule has 2 aromatic heterocycles. The molecule has 1 aliphatic rings. The van der Waals surface area contributed by atoms with Crippen LogP contribution < -0.4 is 5.32 Å². The van der Waals surface area contributed by atoms with Gasteiger partial charge >= 0.3 is 5.97 Å². The Morgan fingerprint density at radius 2 is 1.97 bits per heavy atom. The number of rotatable bonds is 6. The first-order valence-corrected chi connectivity index (χ1v) is 11.5. The van der Waals surface area contributed by atoms with Gasteiger partial charge < -0.3 is 10.1 Å². The predicted octanol–water partition coefficient (Wildman–Crippen LogP) is 4.84. The molecule has 0 bridgehead atoms. The van der Waals surface area contributed by atoms with E-state index in [2.05, 4.69) is 16.4 Å². The van der Waals surface area contributed by atoms with Gasteiger partial charge in [-0.25, -0.2) is 9.78 Å². The Morgan fingerprint density at radius 3 is 2.77 bits per heavy atom. The van der Waals surface area contributed by atoms with E-state index in [4.69, 9.17) is 4.74 Å². The number of carbonyl (C=O) groups is 2. The number of carbonyl (C=O) groups excluding carboxylic acids is 2. The molecule has 2 heterocycles. The fourth-order valence-corrected chi connectivity index (χ4v) is 5.52. The largest absolute Gasteiger partial charge is 0.452 e. The number of esters is 1. The van der Waals surface area contributed by atoms with Crippen LogP contribution in [0.3, 0.4) is 0 Å². The first-order valence-electron chi connectivity index (χ1n) is 9.85. The summed E-state index contributed by atoms with van der Waals surface area (Å²) in [5, 5.41) is 13.3. The van der Waals surface area contributed by atoms with Gasteiger partial charge in [0, 0.05) is 16.0 Å². The second-order valence-electron chi connectivity index (χ2n) is 6.92. The van der Waals surface area contributed by atoms with Crippen molar-refractivity contribution in [1.29, 1.82) is 5.26 Å². The number of ether oxygens (including phenoxy) is 1. The summed E-state index contributed by atoms with van der Waals surface area (Å²) in [7, 11) is 0. The average Bonchev–Trinajstić information content (AvgIpc) is 3.15. The third kappa shape index (κ3) is 4.95. The van der Waals surface area contributed by atoms with Crippen molar-refractivity contribution in [1.82, 2.24) is 4.98 Å². The number of fused-ring (bicyclic) bond motifs is 1. The fraction of sp³-hybridized carbons (Fsp3) is 0.217. The molecule has 0 unspecified atom stereocenters. The van der Waals surface area contributed by atoms with E-state index in [9.17, 15) is 14.9 Å². The highest BCUT2D eigenvalue weighted by atomic mass is 32.2. The van der Waals surface area contributed by atoms with Gasteiger partial charge in [0.2, 0.25) is 0 Å². The average molecular weight is 450 g/mol. The molecule has 3 aromatic rings. The van der Waals surface area contributed by atoms with Crippen molar-refractivity contribution >= 4 is 40.0 Å². The van der Waals surface area contributed by atoms with Gasteiger partial charge in [0.15, 0.2) is 6.61 Å². The third-order valence-corrected chi connectivity index (χ3v) is 7.05. The summed E-state index contributed by atoms with van der Waals surface area (Å²) in [4.78, 5) is 31.4. The number of aromatic nitrogens is 1. The standard InChI is InChI=1S/C23H19N3O3S2/c24-13-18-16-9-4-5-11-19(16)31-22(18)26-20(27)14-29-23(28)17-10-6-12-25-21(17)30-15-7-2-1-3-8-15/h1-3,6-8,10,12H,4-5,9,11,14H2,(H,26,27). The highest BCUT2D eigenvalue weighted by Crippen LogP contribution is 2.37. The molecule has 0 aliphatic heterocycles. The van der Waals surface area contributed by atoms with Crippen molar-refractivity contribution in [3.05, 3.63) is 70.2 Å². The molecule has 6 nitrogen and oxygen atoms in total. The number of hydrogen-bond donors (Lipinski definition) is 1. The Hall–Kier alpha value is -3.15. The zero-order chi connectivity index (χ0) is 21.6. The number of thiophene rings is 1. The highest BCUT2D eigenvalue weighted by Gasteiger charge is 2.22. The van der Waals surface area contributed by atoms with E-state index < -0.39 is 18.5 Å². The van der Waals surface area contributed by atoms with Gasteiger partial charge in [-0.15, -0.1) is 11.3 Å². The van der Waals surface area contributed by atoms with E-state index in [-0.39, 0.29) is 0 Å². The number of aryl methyl sites for hydroxylation is 1. The lowest BCUT2D eigenvalue weighted by Crippen LogP contribution is -2.21. The molecular formula is C23H19N3O3S2. The summed E-state index contributed by atoms with van der Waals surface area (Å²) in [6, 6.07) is 15.1. The summed E-state index contributed by atoms with van der Waals surface area (Å²) in [6.45, 7) is -0.434. The quantitative estimate of drug-likeness (QED) is 0.542. The van der Waals surface area contributed by atoms with Crippen LogP contribution in [0.5, 0.6) is 0 Å². The molecule has 4 rings (SSSR count). The molecule has 0 atom stereocenters. The van der Waals surface area contributed by atoms with Crippen LogP contribution in [0.1, 0.15) is 39.2 Å². The second kappa shape index (κ2) is 9.77.